The zero-order chi connectivity index (χ0) is 14.5. The largest absolute Gasteiger partial charge is 0.395 e. The number of carbonyl (C=O) groups is 1. The van der Waals surface area contributed by atoms with E-state index < -0.39 is 0 Å². The van der Waals surface area contributed by atoms with Crippen molar-refractivity contribution in [2.24, 2.45) is 0 Å². The number of hydrogen-bond acceptors (Lipinski definition) is 5. The zero-order valence-electron chi connectivity index (χ0n) is 11.5. The number of aliphatic hydroxyl groups excluding tert-OH is 1. The summed E-state index contributed by atoms with van der Waals surface area (Å²) in [4.78, 5) is 18.2. The molecule has 0 bridgehead atoms. The standard InChI is InChI=1S/C14H17N3O3/c1-3-17(8-9-18)14(19)12-7-5-4-6-11(12)13-15-10(2)16-20-13/h4-7,18H,3,8-9H2,1-2H3. The lowest BCUT2D eigenvalue weighted by molar-refractivity contribution is 0.0732. The molecule has 1 aromatic carbocycles. The lowest BCUT2D eigenvalue weighted by Crippen LogP contribution is -2.33. The van der Waals surface area contributed by atoms with Crippen LogP contribution in [0.25, 0.3) is 11.5 Å². The molecule has 0 aliphatic heterocycles. The third-order valence-electron chi connectivity index (χ3n) is 2.95. The van der Waals surface area contributed by atoms with Gasteiger partial charge >= 0.3 is 0 Å². The van der Waals surface area contributed by atoms with Crippen molar-refractivity contribution in [2.75, 3.05) is 19.7 Å². The minimum Gasteiger partial charge on any atom is -0.395 e. The van der Waals surface area contributed by atoms with E-state index >= 15 is 0 Å². The fourth-order valence-electron chi connectivity index (χ4n) is 1.96. The highest BCUT2D eigenvalue weighted by Crippen LogP contribution is 2.23. The van der Waals surface area contributed by atoms with Gasteiger partial charge in [0.05, 0.1) is 17.7 Å². The zero-order valence-corrected chi connectivity index (χ0v) is 11.5. The molecule has 0 unspecified atom stereocenters. The van der Waals surface area contributed by atoms with E-state index in [2.05, 4.69) is 10.1 Å². The summed E-state index contributed by atoms with van der Waals surface area (Å²) in [5, 5.41) is 12.8. The Morgan fingerprint density at radius 2 is 2.15 bits per heavy atom. The fraction of sp³-hybridized carbons (Fsp3) is 0.357. The summed E-state index contributed by atoms with van der Waals surface area (Å²) in [5.74, 6) is 0.685. The Hall–Kier alpha value is -2.21. The molecule has 2 aromatic rings. The average molecular weight is 275 g/mol. The van der Waals surface area contributed by atoms with Crippen LogP contribution in [0.5, 0.6) is 0 Å². The van der Waals surface area contributed by atoms with Gasteiger partial charge in [0.1, 0.15) is 0 Å². The van der Waals surface area contributed by atoms with E-state index in [4.69, 9.17) is 9.63 Å². The highest BCUT2D eigenvalue weighted by molar-refractivity contribution is 5.99. The summed E-state index contributed by atoms with van der Waals surface area (Å²) in [7, 11) is 0. The molecule has 0 fully saturated rings. The van der Waals surface area contributed by atoms with Crippen LogP contribution in [0.3, 0.4) is 0 Å². The number of aryl methyl sites for hydroxylation is 1. The first-order valence-electron chi connectivity index (χ1n) is 6.47. The molecule has 0 saturated heterocycles. The summed E-state index contributed by atoms with van der Waals surface area (Å²) in [6, 6.07) is 7.09. The van der Waals surface area contributed by atoms with Gasteiger partial charge in [0.2, 0.25) is 0 Å². The molecule has 0 aliphatic rings. The molecular formula is C14H17N3O3. The number of likely N-dealkylation sites (N-methyl/N-ethyl adjacent to an activating group) is 1. The predicted octanol–water partition coefficient (Wildman–Crippen LogP) is 1.50. The molecule has 1 aromatic heterocycles. The van der Waals surface area contributed by atoms with E-state index in [-0.39, 0.29) is 12.5 Å². The van der Waals surface area contributed by atoms with Crippen molar-refractivity contribution in [3.63, 3.8) is 0 Å². The quantitative estimate of drug-likeness (QED) is 0.894. The number of carbonyl (C=O) groups excluding carboxylic acids is 1. The van der Waals surface area contributed by atoms with Crippen molar-refractivity contribution >= 4 is 5.91 Å². The van der Waals surface area contributed by atoms with Crippen molar-refractivity contribution in [2.45, 2.75) is 13.8 Å². The van der Waals surface area contributed by atoms with E-state index in [9.17, 15) is 4.79 Å². The first-order valence-corrected chi connectivity index (χ1v) is 6.47. The summed E-state index contributed by atoms with van der Waals surface area (Å²) in [5.41, 5.74) is 1.10. The van der Waals surface area contributed by atoms with Crippen LogP contribution in [-0.4, -0.2) is 45.8 Å². The molecule has 2 rings (SSSR count). The SMILES string of the molecule is CCN(CCO)C(=O)c1ccccc1-c1nc(C)no1. The summed E-state index contributed by atoms with van der Waals surface area (Å²) in [6.07, 6.45) is 0. The highest BCUT2D eigenvalue weighted by Gasteiger charge is 2.20. The van der Waals surface area contributed by atoms with Crippen LogP contribution in [0.2, 0.25) is 0 Å². The Morgan fingerprint density at radius 1 is 1.40 bits per heavy atom. The van der Waals surface area contributed by atoms with Gasteiger partial charge in [-0.3, -0.25) is 4.79 Å². The second-order valence-corrected chi connectivity index (χ2v) is 4.30. The first kappa shape index (κ1) is 14.2. The van der Waals surface area contributed by atoms with Crippen LogP contribution in [0.4, 0.5) is 0 Å². The molecule has 0 spiro atoms. The van der Waals surface area contributed by atoms with Gasteiger partial charge in [0, 0.05) is 13.1 Å². The second-order valence-electron chi connectivity index (χ2n) is 4.30. The van der Waals surface area contributed by atoms with Crippen molar-refractivity contribution in [3.05, 3.63) is 35.7 Å². The number of aliphatic hydroxyl groups is 1. The molecule has 1 amide bonds. The summed E-state index contributed by atoms with van der Waals surface area (Å²) < 4.78 is 5.13. The third-order valence-corrected chi connectivity index (χ3v) is 2.95. The molecule has 0 atom stereocenters. The molecule has 1 heterocycles. The highest BCUT2D eigenvalue weighted by atomic mass is 16.5. The Kier molecular flexibility index (Phi) is 4.47. The van der Waals surface area contributed by atoms with Crippen LogP contribution in [0, 0.1) is 6.92 Å². The number of rotatable bonds is 5. The minimum atomic E-state index is -0.159. The molecule has 20 heavy (non-hydrogen) atoms. The maximum Gasteiger partial charge on any atom is 0.258 e. The van der Waals surface area contributed by atoms with Gasteiger partial charge in [-0.15, -0.1) is 0 Å². The predicted molar refractivity (Wildman–Crippen MR) is 73.1 cm³/mol. The Balaban J connectivity index is 2.39. The van der Waals surface area contributed by atoms with Crippen LogP contribution in [-0.2, 0) is 0 Å². The molecule has 0 aliphatic carbocycles. The van der Waals surface area contributed by atoms with Gasteiger partial charge in [-0.1, -0.05) is 17.3 Å². The number of hydrogen-bond donors (Lipinski definition) is 1. The molecule has 106 valence electrons. The minimum absolute atomic E-state index is 0.0680. The number of amides is 1. The smallest absolute Gasteiger partial charge is 0.258 e. The number of aromatic nitrogens is 2. The van der Waals surface area contributed by atoms with Gasteiger partial charge in [-0.05, 0) is 26.0 Å². The average Bonchev–Trinajstić information content (AvgIpc) is 2.90. The monoisotopic (exact) mass is 275 g/mol. The molecule has 1 N–H and O–H groups in total. The molecule has 0 radical (unpaired) electrons. The van der Waals surface area contributed by atoms with E-state index in [1.165, 1.54) is 0 Å². The Labute approximate surface area is 117 Å². The van der Waals surface area contributed by atoms with Gasteiger partial charge < -0.3 is 14.5 Å². The lowest BCUT2D eigenvalue weighted by atomic mass is 10.1. The van der Waals surface area contributed by atoms with Crippen LogP contribution >= 0.6 is 0 Å². The normalized spacial score (nSPS) is 10.6. The van der Waals surface area contributed by atoms with Crippen LogP contribution < -0.4 is 0 Å². The first-order chi connectivity index (χ1) is 9.67. The summed E-state index contributed by atoms with van der Waals surface area (Å²) >= 11 is 0. The summed E-state index contributed by atoms with van der Waals surface area (Å²) in [6.45, 7) is 4.35. The molecule has 6 heteroatoms. The van der Waals surface area contributed by atoms with Crippen molar-refractivity contribution in [1.82, 2.24) is 15.0 Å². The van der Waals surface area contributed by atoms with Crippen LogP contribution in [0.1, 0.15) is 23.1 Å². The molecular weight excluding hydrogens is 258 g/mol. The number of benzene rings is 1. The maximum atomic E-state index is 12.5. The van der Waals surface area contributed by atoms with Gasteiger partial charge in [0.25, 0.3) is 11.8 Å². The third kappa shape index (κ3) is 2.85. The van der Waals surface area contributed by atoms with Gasteiger partial charge in [-0.25, -0.2) is 0 Å². The molecule has 6 nitrogen and oxygen atoms in total. The van der Waals surface area contributed by atoms with Crippen molar-refractivity contribution in [1.29, 1.82) is 0 Å². The van der Waals surface area contributed by atoms with E-state index in [0.717, 1.165) is 0 Å². The number of nitrogens with zero attached hydrogens (tertiary/aromatic N) is 3. The van der Waals surface area contributed by atoms with E-state index in [0.29, 0.717) is 35.9 Å². The Bertz CT molecular complexity index is 595. The van der Waals surface area contributed by atoms with Crippen molar-refractivity contribution in [3.8, 4) is 11.5 Å². The van der Waals surface area contributed by atoms with E-state index in [1.807, 2.05) is 13.0 Å². The van der Waals surface area contributed by atoms with E-state index in [1.54, 1.807) is 30.0 Å². The topological polar surface area (TPSA) is 79.5 Å². The van der Waals surface area contributed by atoms with Gasteiger partial charge in [0.15, 0.2) is 5.82 Å². The molecule has 0 saturated carbocycles. The van der Waals surface area contributed by atoms with Crippen LogP contribution in [0.15, 0.2) is 28.8 Å². The van der Waals surface area contributed by atoms with Crippen molar-refractivity contribution < 1.29 is 14.4 Å². The maximum absolute atomic E-state index is 12.5. The Morgan fingerprint density at radius 3 is 2.75 bits per heavy atom. The van der Waals surface area contributed by atoms with Gasteiger partial charge in [-0.2, -0.15) is 4.98 Å². The second kappa shape index (κ2) is 6.29. The fourth-order valence-corrected chi connectivity index (χ4v) is 1.96. The lowest BCUT2D eigenvalue weighted by Gasteiger charge is -2.20.